The number of esters is 1. The third kappa shape index (κ3) is 4.47. The third-order valence-corrected chi connectivity index (χ3v) is 2.99. The lowest BCUT2D eigenvalue weighted by Gasteiger charge is -2.20. The zero-order valence-corrected chi connectivity index (χ0v) is 12.9. The van der Waals surface area contributed by atoms with Crippen LogP contribution in [0.15, 0.2) is 0 Å². The Bertz CT molecular complexity index is 485. The van der Waals surface area contributed by atoms with Crippen molar-refractivity contribution < 1.29 is 14.3 Å². The van der Waals surface area contributed by atoms with Gasteiger partial charge in [0, 0.05) is 6.54 Å². The molecule has 0 unspecified atom stereocenters. The minimum Gasteiger partial charge on any atom is -0.465 e. The normalized spacial score (nSPS) is 10.4. The standard InChI is InChI=1S/C14H24N4O3/c1-4-7-10-12(15)13(17-16-10)14(20)18(8-5-2)9-11(19)21-6-3/h4-9,15H2,1-3H3,(H,16,17). The molecule has 1 amide bonds. The molecule has 0 fully saturated rings. The number of aromatic amines is 1. The quantitative estimate of drug-likeness (QED) is 0.705. The van der Waals surface area contributed by atoms with Crippen molar-refractivity contribution >= 4 is 17.6 Å². The lowest BCUT2D eigenvalue weighted by Crippen LogP contribution is -2.37. The highest BCUT2D eigenvalue weighted by Crippen LogP contribution is 2.17. The number of carbonyl (C=O) groups is 2. The first-order chi connectivity index (χ1) is 10.0. The Morgan fingerprint density at radius 1 is 1.29 bits per heavy atom. The number of nitrogens with two attached hydrogens (primary N) is 1. The van der Waals surface area contributed by atoms with E-state index in [4.69, 9.17) is 10.5 Å². The van der Waals surface area contributed by atoms with Crippen LogP contribution < -0.4 is 5.73 Å². The van der Waals surface area contributed by atoms with E-state index in [9.17, 15) is 9.59 Å². The number of hydrogen-bond donors (Lipinski definition) is 2. The number of nitrogens with one attached hydrogen (secondary N) is 1. The number of nitrogen functional groups attached to an aromatic ring is 1. The topological polar surface area (TPSA) is 101 Å². The van der Waals surface area contributed by atoms with E-state index in [0.717, 1.165) is 25.0 Å². The highest BCUT2D eigenvalue weighted by atomic mass is 16.5. The van der Waals surface area contributed by atoms with Crippen molar-refractivity contribution in [2.75, 3.05) is 25.4 Å². The van der Waals surface area contributed by atoms with Gasteiger partial charge in [0.25, 0.3) is 5.91 Å². The summed E-state index contributed by atoms with van der Waals surface area (Å²) >= 11 is 0. The maximum Gasteiger partial charge on any atom is 0.325 e. The number of H-pyrrole nitrogens is 1. The van der Waals surface area contributed by atoms with E-state index < -0.39 is 5.97 Å². The number of carbonyl (C=O) groups excluding carboxylic acids is 2. The first kappa shape index (κ1) is 17.0. The molecule has 1 aromatic heterocycles. The molecule has 0 aliphatic carbocycles. The third-order valence-electron chi connectivity index (χ3n) is 2.99. The summed E-state index contributed by atoms with van der Waals surface area (Å²) in [5, 5.41) is 6.79. The minimum absolute atomic E-state index is 0.0874. The number of anilines is 1. The molecule has 0 spiro atoms. The lowest BCUT2D eigenvalue weighted by molar-refractivity contribution is -0.143. The number of amides is 1. The Morgan fingerprint density at radius 3 is 2.57 bits per heavy atom. The molecule has 0 aliphatic rings. The average molecular weight is 296 g/mol. The second-order valence-electron chi connectivity index (χ2n) is 4.75. The Kier molecular flexibility index (Phi) is 6.71. The molecule has 0 aromatic carbocycles. The molecule has 3 N–H and O–H groups in total. The molecular formula is C14H24N4O3. The minimum atomic E-state index is -0.429. The van der Waals surface area contributed by atoms with Gasteiger partial charge in [-0.1, -0.05) is 20.3 Å². The molecule has 0 aliphatic heterocycles. The molecule has 21 heavy (non-hydrogen) atoms. The van der Waals surface area contributed by atoms with Crippen LogP contribution in [-0.2, 0) is 16.0 Å². The molecule has 0 saturated carbocycles. The number of aryl methyl sites for hydroxylation is 1. The van der Waals surface area contributed by atoms with E-state index in [1.54, 1.807) is 6.92 Å². The first-order valence-corrected chi connectivity index (χ1v) is 7.32. The summed E-state index contributed by atoms with van der Waals surface area (Å²) in [6.45, 7) is 6.33. The second-order valence-corrected chi connectivity index (χ2v) is 4.75. The van der Waals surface area contributed by atoms with Crippen LogP contribution in [0.1, 0.15) is 49.8 Å². The van der Waals surface area contributed by atoms with Crippen molar-refractivity contribution in [1.82, 2.24) is 15.1 Å². The van der Waals surface area contributed by atoms with Gasteiger partial charge < -0.3 is 15.4 Å². The first-order valence-electron chi connectivity index (χ1n) is 7.32. The van der Waals surface area contributed by atoms with Gasteiger partial charge in [0.15, 0.2) is 5.69 Å². The fraction of sp³-hybridized carbons (Fsp3) is 0.643. The SMILES string of the molecule is CCCc1[nH]nc(C(=O)N(CCC)CC(=O)OCC)c1N. The summed E-state index contributed by atoms with van der Waals surface area (Å²) in [4.78, 5) is 25.5. The Labute approximate surface area is 124 Å². The fourth-order valence-corrected chi connectivity index (χ4v) is 2.02. The van der Waals surface area contributed by atoms with Crippen molar-refractivity contribution in [2.45, 2.75) is 40.0 Å². The molecule has 0 saturated heterocycles. The van der Waals surface area contributed by atoms with Crippen LogP contribution >= 0.6 is 0 Å². The van der Waals surface area contributed by atoms with E-state index in [1.165, 1.54) is 4.90 Å². The monoisotopic (exact) mass is 296 g/mol. The molecular weight excluding hydrogens is 272 g/mol. The molecule has 1 aromatic rings. The summed E-state index contributed by atoms with van der Waals surface area (Å²) in [5.74, 6) is -0.775. The van der Waals surface area contributed by atoms with Crippen LogP contribution in [0.5, 0.6) is 0 Å². The Hall–Kier alpha value is -2.05. The van der Waals surface area contributed by atoms with Crippen LogP contribution in [-0.4, -0.2) is 46.7 Å². The van der Waals surface area contributed by atoms with Crippen LogP contribution in [0.4, 0.5) is 5.69 Å². The molecule has 118 valence electrons. The molecule has 7 heteroatoms. The molecule has 1 heterocycles. The van der Waals surface area contributed by atoms with E-state index in [0.29, 0.717) is 12.2 Å². The van der Waals surface area contributed by atoms with E-state index >= 15 is 0 Å². The van der Waals surface area contributed by atoms with Crippen LogP contribution in [0, 0.1) is 0 Å². The Morgan fingerprint density at radius 2 is 2.00 bits per heavy atom. The highest BCUT2D eigenvalue weighted by molar-refractivity contribution is 5.99. The number of rotatable bonds is 8. The Balaban J connectivity index is 2.87. The zero-order valence-electron chi connectivity index (χ0n) is 12.9. The maximum atomic E-state index is 12.5. The van der Waals surface area contributed by atoms with Gasteiger partial charge in [-0.25, -0.2) is 0 Å². The average Bonchev–Trinajstić information content (AvgIpc) is 2.80. The van der Waals surface area contributed by atoms with E-state index in [1.807, 2.05) is 13.8 Å². The van der Waals surface area contributed by atoms with Crippen LogP contribution in [0.3, 0.4) is 0 Å². The van der Waals surface area contributed by atoms with Crippen molar-refractivity contribution in [2.24, 2.45) is 0 Å². The fourth-order valence-electron chi connectivity index (χ4n) is 2.02. The van der Waals surface area contributed by atoms with Gasteiger partial charge in [0.05, 0.1) is 18.0 Å². The van der Waals surface area contributed by atoms with Gasteiger partial charge in [0.1, 0.15) is 6.54 Å². The molecule has 0 radical (unpaired) electrons. The van der Waals surface area contributed by atoms with Gasteiger partial charge in [-0.05, 0) is 19.8 Å². The predicted octanol–water partition coefficient (Wildman–Crippen LogP) is 1.36. The smallest absolute Gasteiger partial charge is 0.325 e. The van der Waals surface area contributed by atoms with Gasteiger partial charge in [-0.3, -0.25) is 14.7 Å². The van der Waals surface area contributed by atoms with Gasteiger partial charge >= 0.3 is 5.97 Å². The van der Waals surface area contributed by atoms with Crippen LogP contribution in [0.25, 0.3) is 0 Å². The number of ether oxygens (including phenoxy) is 1. The predicted molar refractivity (Wildman–Crippen MR) is 79.8 cm³/mol. The van der Waals surface area contributed by atoms with Crippen molar-refractivity contribution in [1.29, 1.82) is 0 Å². The highest BCUT2D eigenvalue weighted by Gasteiger charge is 2.24. The summed E-state index contributed by atoms with van der Waals surface area (Å²) in [6, 6.07) is 0. The summed E-state index contributed by atoms with van der Waals surface area (Å²) in [6.07, 6.45) is 2.37. The molecule has 1 rings (SSSR count). The van der Waals surface area contributed by atoms with Crippen molar-refractivity contribution in [3.63, 3.8) is 0 Å². The van der Waals surface area contributed by atoms with Gasteiger partial charge in [-0.15, -0.1) is 0 Å². The second kappa shape index (κ2) is 8.28. The number of aromatic nitrogens is 2. The van der Waals surface area contributed by atoms with Crippen molar-refractivity contribution in [3.8, 4) is 0 Å². The summed E-state index contributed by atoms with van der Waals surface area (Å²) in [7, 11) is 0. The summed E-state index contributed by atoms with van der Waals surface area (Å²) < 4.78 is 4.89. The van der Waals surface area contributed by atoms with E-state index in [-0.39, 0.29) is 24.8 Å². The van der Waals surface area contributed by atoms with Gasteiger partial charge in [-0.2, -0.15) is 5.10 Å². The number of hydrogen-bond acceptors (Lipinski definition) is 5. The summed E-state index contributed by atoms with van der Waals surface area (Å²) in [5.41, 5.74) is 7.26. The van der Waals surface area contributed by atoms with Gasteiger partial charge in [0.2, 0.25) is 0 Å². The van der Waals surface area contributed by atoms with Crippen molar-refractivity contribution in [3.05, 3.63) is 11.4 Å². The molecule has 7 nitrogen and oxygen atoms in total. The lowest BCUT2D eigenvalue weighted by atomic mass is 10.2. The molecule has 0 bridgehead atoms. The van der Waals surface area contributed by atoms with Crippen LogP contribution in [0.2, 0.25) is 0 Å². The van der Waals surface area contributed by atoms with E-state index in [2.05, 4.69) is 10.2 Å². The molecule has 0 atom stereocenters. The maximum absolute atomic E-state index is 12.5. The zero-order chi connectivity index (χ0) is 15.8. The largest absolute Gasteiger partial charge is 0.465 e. The number of nitrogens with zero attached hydrogens (tertiary/aromatic N) is 2.